The van der Waals surface area contributed by atoms with E-state index in [0.29, 0.717) is 11.8 Å². The van der Waals surface area contributed by atoms with Crippen molar-refractivity contribution < 1.29 is 4.79 Å². The zero-order chi connectivity index (χ0) is 11.3. The van der Waals surface area contributed by atoms with Crippen molar-refractivity contribution in [1.82, 2.24) is 5.32 Å². The highest BCUT2D eigenvalue weighted by atomic mass is 32.2. The third-order valence-corrected chi connectivity index (χ3v) is 4.10. The minimum atomic E-state index is 0.0161. The normalized spacial score (nSPS) is 12.2. The molecule has 0 aliphatic heterocycles. The molecule has 1 aromatic rings. The van der Waals surface area contributed by atoms with Crippen LogP contribution in [0.15, 0.2) is 12.1 Å². The van der Waals surface area contributed by atoms with Crippen molar-refractivity contribution in [3.05, 3.63) is 17.0 Å². The Morgan fingerprint density at radius 3 is 2.87 bits per heavy atom. The first-order valence-electron chi connectivity index (χ1n) is 4.76. The first-order chi connectivity index (χ1) is 7.17. The molecule has 1 amide bonds. The Hall–Kier alpha value is -0.680. The van der Waals surface area contributed by atoms with Crippen LogP contribution in [-0.4, -0.2) is 31.0 Å². The lowest BCUT2D eigenvalue weighted by Crippen LogP contribution is -2.28. The van der Waals surface area contributed by atoms with E-state index in [9.17, 15) is 4.79 Å². The smallest absolute Gasteiger partial charge is 0.261 e. The van der Waals surface area contributed by atoms with Gasteiger partial charge in [-0.05, 0) is 18.4 Å². The highest BCUT2D eigenvalue weighted by Gasteiger charge is 2.09. The number of hydrogen-bond acceptors (Lipinski definition) is 4. The summed E-state index contributed by atoms with van der Waals surface area (Å²) in [6, 6.07) is 3.76. The summed E-state index contributed by atoms with van der Waals surface area (Å²) in [6.45, 7) is 2.81. The van der Waals surface area contributed by atoms with Gasteiger partial charge in [0.05, 0.1) is 9.88 Å². The number of amides is 1. The summed E-state index contributed by atoms with van der Waals surface area (Å²) in [6.07, 6.45) is 2.04. The predicted molar refractivity (Wildman–Crippen MR) is 69.2 cm³/mol. The summed E-state index contributed by atoms with van der Waals surface area (Å²) in [7, 11) is 1.85. The van der Waals surface area contributed by atoms with E-state index in [1.165, 1.54) is 11.3 Å². The van der Waals surface area contributed by atoms with Gasteiger partial charge in [-0.15, -0.1) is 11.3 Å². The predicted octanol–water partition coefficient (Wildman–Crippen LogP) is 2.27. The molecule has 5 heteroatoms. The second kappa shape index (κ2) is 6.02. The Bertz CT molecular complexity index is 325. The Morgan fingerprint density at radius 2 is 2.33 bits per heavy atom. The van der Waals surface area contributed by atoms with Gasteiger partial charge in [0.2, 0.25) is 0 Å². The van der Waals surface area contributed by atoms with E-state index in [-0.39, 0.29) is 5.91 Å². The fourth-order valence-corrected chi connectivity index (χ4v) is 2.03. The van der Waals surface area contributed by atoms with Gasteiger partial charge in [0, 0.05) is 18.8 Å². The van der Waals surface area contributed by atoms with Gasteiger partial charge in [-0.1, -0.05) is 6.92 Å². The standard InChI is InChI=1S/C10H16N2OS2/c1-7(14-3)6-12-10(13)8-4-5-9(11-2)15-8/h4-5,7,11H,6H2,1-3H3,(H,12,13). The lowest BCUT2D eigenvalue weighted by atomic mass is 10.4. The van der Waals surface area contributed by atoms with Crippen molar-refractivity contribution >= 4 is 34.0 Å². The molecule has 0 aromatic carbocycles. The van der Waals surface area contributed by atoms with Crippen molar-refractivity contribution in [2.75, 3.05) is 25.2 Å². The van der Waals surface area contributed by atoms with E-state index >= 15 is 0 Å². The van der Waals surface area contributed by atoms with Crippen LogP contribution in [0, 0.1) is 0 Å². The maximum atomic E-state index is 11.7. The van der Waals surface area contributed by atoms with Crippen LogP contribution in [0.1, 0.15) is 16.6 Å². The Kier molecular flexibility index (Phi) is 4.98. The van der Waals surface area contributed by atoms with E-state index < -0.39 is 0 Å². The number of thioether (sulfide) groups is 1. The number of hydrogen-bond donors (Lipinski definition) is 2. The molecule has 0 saturated heterocycles. The van der Waals surface area contributed by atoms with Gasteiger partial charge < -0.3 is 10.6 Å². The topological polar surface area (TPSA) is 41.1 Å². The molecular formula is C10H16N2OS2. The summed E-state index contributed by atoms with van der Waals surface area (Å²) in [5, 5.41) is 7.39. The molecule has 0 aliphatic carbocycles. The molecule has 84 valence electrons. The number of carbonyl (C=O) groups excluding carboxylic acids is 1. The largest absolute Gasteiger partial charge is 0.380 e. The Labute approximate surface area is 98.6 Å². The molecule has 1 atom stereocenters. The Balaban J connectivity index is 2.46. The lowest BCUT2D eigenvalue weighted by Gasteiger charge is -2.08. The number of nitrogens with one attached hydrogen (secondary N) is 2. The van der Waals surface area contributed by atoms with Gasteiger partial charge in [-0.2, -0.15) is 11.8 Å². The van der Waals surface area contributed by atoms with E-state index in [4.69, 9.17) is 0 Å². The van der Waals surface area contributed by atoms with Crippen LogP contribution in [0.5, 0.6) is 0 Å². The monoisotopic (exact) mass is 244 g/mol. The number of thiophene rings is 1. The SMILES string of the molecule is CNc1ccc(C(=O)NCC(C)SC)s1. The summed E-state index contributed by atoms with van der Waals surface area (Å²) in [5.41, 5.74) is 0. The van der Waals surface area contributed by atoms with Gasteiger partial charge in [0.1, 0.15) is 0 Å². The Morgan fingerprint density at radius 1 is 1.60 bits per heavy atom. The van der Waals surface area contributed by atoms with E-state index in [0.717, 1.165) is 9.88 Å². The molecule has 0 bridgehead atoms. The van der Waals surface area contributed by atoms with Gasteiger partial charge in [0.25, 0.3) is 5.91 Å². The lowest BCUT2D eigenvalue weighted by molar-refractivity contribution is 0.0958. The van der Waals surface area contributed by atoms with Gasteiger partial charge in [-0.3, -0.25) is 4.79 Å². The van der Waals surface area contributed by atoms with Crippen LogP contribution in [0.2, 0.25) is 0 Å². The summed E-state index contributed by atoms with van der Waals surface area (Å²) in [5.74, 6) is 0.0161. The number of anilines is 1. The average molecular weight is 244 g/mol. The van der Waals surface area contributed by atoms with Gasteiger partial charge >= 0.3 is 0 Å². The number of rotatable bonds is 5. The van der Waals surface area contributed by atoms with Crippen LogP contribution in [-0.2, 0) is 0 Å². The van der Waals surface area contributed by atoms with Crippen molar-refractivity contribution in [2.24, 2.45) is 0 Å². The first-order valence-corrected chi connectivity index (χ1v) is 6.86. The third kappa shape index (κ3) is 3.76. The van der Waals surface area contributed by atoms with Crippen LogP contribution in [0.3, 0.4) is 0 Å². The maximum Gasteiger partial charge on any atom is 0.261 e. The van der Waals surface area contributed by atoms with Crippen LogP contribution in [0.4, 0.5) is 5.00 Å². The molecule has 1 heterocycles. The van der Waals surface area contributed by atoms with Gasteiger partial charge in [-0.25, -0.2) is 0 Å². The maximum absolute atomic E-state index is 11.7. The second-order valence-electron chi connectivity index (χ2n) is 3.17. The average Bonchev–Trinajstić information content (AvgIpc) is 2.73. The minimum absolute atomic E-state index is 0.0161. The molecule has 2 N–H and O–H groups in total. The van der Waals surface area contributed by atoms with Gasteiger partial charge in [0.15, 0.2) is 0 Å². The molecule has 15 heavy (non-hydrogen) atoms. The first kappa shape index (κ1) is 12.4. The van der Waals surface area contributed by atoms with E-state index in [2.05, 4.69) is 17.6 Å². The molecule has 3 nitrogen and oxygen atoms in total. The van der Waals surface area contributed by atoms with Crippen molar-refractivity contribution in [3.8, 4) is 0 Å². The zero-order valence-electron chi connectivity index (χ0n) is 9.16. The molecule has 0 saturated carbocycles. The third-order valence-electron chi connectivity index (χ3n) is 2.03. The summed E-state index contributed by atoms with van der Waals surface area (Å²) >= 11 is 3.22. The van der Waals surface area contributed by atoms with Crippen molar-refractivity contribution in [2.45, 2.75) is 12.2 Å². The molecule has 1 aromatic heterocycles. The molecule has 0 aliphatic rings. The molecule has 0 radical (unpaired) electrons. The van der Waals surface area contributed by atoms with E-state index in [1.807, 2.05) is 25.4 Å². The summed E-state index contributed by atoms with van der Waals surface area (Å²) in [4.78, 5) is 12.4. The van der Waals surface area contributed by atoms with Crippen LogP contribution >= 0.6 is 23.1 Å². The fourth-order valence-electron chi connectivity index (χ4n) is 1.00. The van der Waals surface area contributed by atoms with Crippen molar-refractivity contribution in [3.63, 3.8) is 0 Å². The van der Waals surface area contributed by atoms with Crippen LogP contribution < -0.4 is 10.6 Å². The quantitative estimate of drug-likeness (QED) is 0.835. The molecule has 0 fully saturated rings. The zero-order valence-corrected chi connectivity index (χ0v) is 10.8. The van der Waals surface area contributed by atoms with Crippen LogP contribution in [0.25, 0.3) is 0 Å². The minimum Gasteiger partial charge on any atom is -0.380 e. The summed E-state index contributed by atoms with van der Waals surface area (Å²) < 4.78 is 0. The highest BCUT2D eigenvalue weighted by molar-refractivity contribution is 7.99. The molecule has 1 rings (SSSR count). The fraction of sp³-hybridized carbons (Fsp3) is 0.500. The number of carbonyl (C=O) groups is 1. The molecule has 0 spiro atoms. The van der Waals surface area contributed by atoms with E-state index in [1.54, 1.807) is 11.8 Å². The molecular weight excluding hydrogens is 228 g/mol. The van der Waals surface area contributed by atoms with Crippen molar-refractivity contribution in [1.29, 1.82) is 0 Å². The highest BCUT2D eigenvalue weighted by Crippen LogP contribution is 2.20. The molecule has 1 unspecified atom stereocenters. The second-order valence-corrected chi connectivity index (χ2v) is 5.53.